The fraction of sp³-hybridized carbons (Fsp3) is 0.438. The number of H-pyrrole nitrogens is 1. The summed E-state index contributed by atoms with van der Waals surface area (Å²) in [7, 11) is 0. The fourth-order valence-electron chi connectivity index (χ4n) is 3.63. The Morgan fingerprint density at radius 3 is 2.90 bits per heavy atom. The summed E-state index contributed by atoms with van der Waals surface area (Å²) in [5.74, 6) is 0.264. The lowest BCUT2D eigenvalue weighted by atomic mass is 9.86. The molecular weight excluding hydrogens is 264 g/mol. The number of carbonyl (C=O) groups excluding carboxylic acids is 1. The highest BCUT2D eigenvalue weighted by Gasteiger charge is 2.36. The van der Waals surface area contributed by atoms with Crippen molar-refractivity contribution in [3.63, 3.8) is 0 Å². The Morgan fingerprint density at radius 2 is 2.14 bits per heavy atom. The summed E-state index contributed by atoms with van der Waals surface area (Å²) in [5, 5.41) is 10.0. The number of fused-ring (bicyclic) bond motifs is 3. The predicted octanol–water partition coefficient (Wildman–Crippen LogP) is 2.60. The molecule has 5 nitrogen and oxygen atoms in total. The van der Waals surface area contributed by atoms with Gasteiger partial charge in [-0.3, -0.25) is 4.79 Å². The van der Waals surface area contributed by atoms with Crippen LogP contribution in [0.2, 0.25) is 0 Å². The van der Waals surface area contributed by atoms with Crippen molar-refractivity contribution in [3.8, 4) is 6.07 Å². The van der Waals surface area contributed by atoms with Crippen LogP contribution in [0.1, 0.15) is 41.6 Å². The fourth-order valence-corrected chi connectivity index (χ4v) is 3.63. The van der Waals surface area contributed by atoms with Crippen LogP contribution in [0.15, 0.2) is 18.5 Å². The van der Waals surface area contributed by atoms with Gasteiger partial charge in [-0.1, -0.05) is 0 Å². The maximum atomic E-state index is 12.6. The number of rotatable bonds is 1. The first kappa shape index (κ1) is 12.4. The highest BCUT2D eigenvalue weighted by Crippen LogP contribution is 2.34. The molecule has 5 heteroatoms. The Bertz CT molecular complexity index is 749. The predicted molar refractivity (Wildman–Crippen MR) is 77.3 cm³/mol. The largest absolute Gasteiger partial charge is 0.346 e. The Kier molecular flexibility index (Phi) is 2.71. The molecule has 0 bridgehead atoms. The van der Waals surface area contributed by atoms with Crippen LogP contribution in [0.25, 0.3) is 11.0 Å². The van der Waals surface area contributed by atoms with Crippen molar-refractivity contribution in [1.82, 2.24) is 14.9 Å². The second-order valence-electron chi connectivity index (χ2n) is 5.96. The summed E-state index contributed by atoms with van der Waals surface area (Å²) < 4.78 is 0. The molecule has 3 heterocycles. The third kappa shape index (κ3) is 1.83. The van der Waals surface area contributed by atoms with E-state index in [1.807, 2.05) is 17.2 Å². The van der Waals surface area contributed by atoms with Gasteiger partial charge in [-0.15, -0.1) is 0 Å². The van der Waals surface area contributed by atoms with Gasteiger partial charge in [0.15, 0.2) is 0 Å². The number of amides is 1. The number of hydrogen-bond donors (Lipinski definition) is 1. The molecule has 0 aromatic carbocycles. The van der Waals surface area contributed by atoms with Gasteiger partial charge < -0.3 is 9.88 Å². The van der Waals surface area contributed by atoms with Crippen LogP contribution in [0.3, 0.4) is 0 Å². The first-order chi connectivity index (χ1) is 10.3. The van der Waals surface area contributed by atoms with Gasteiger partial charge in [0.2, 0.25) is 0 Å². The Morgan fingerprint density at radius 1 is 1.33 bits per heavy atom. The van der Waals surface area contributed by atoms with E-state index in [2.05, 4.69) is 16.0 Å². The zero-order valence-electron chi connectivity index (χ0n) is 11.7. The molecule has 2 aliphatic rings. The second kappa shape index (κ2) is 4.59. The van der Waals surface area contributed by atoms with E-state index >= 15 is 0 Å². The monoisotopic (exact) mass is 280 g/mol. The zero-order valence-corrected chi connectivity index (χ0v) is 11.7. The molecule has 2 aromatic heterocycles. The Labute approximate surface area is 122 Å². The zero-order chi connectivity index (χ0) is 14.4. The quantitative estimate of drug-likeness (QED) is 0.872. The van der Waals surface area contributed by atoms with Crippen LogP contribution in [0, 0.1) is 17.2 Å². The molecule has 1 amide bonds. The van der Waals surface area contributed by atoms with E-state index < -0.39 is 0 Å². The van der Waals surface area contributed by atoms with Crippen molar-refractivity contribution in [2.75, 3.05) is 0 Å². The van der Waals surface area contributed by atoms with Gasteiger partial charge in [-0.05, 0) is 37.3 Å². The minimum Gasteiger partial charge on any atom is -0.346 e. The molecule has 21 heavy (non-hydrogen) atoms. The summed E-state index contributed by atoms with van der Waals surface area (Å²) in [6, 6.07) is 4.60. The number of carbonyl (C=O) groups is 1. The Balaban J connectivity index is 1.63. The average Bonchev–Trinajstić information content (AvgIpc) is 3.12. The number of aromatic nitrogens is 2. The highest BCUT2D eigenvalue weighted by atomic mass is 16.2. The van der Waals surface area contributed by atoms with Crippen LogP contribution in [-0.4, -0.2) is 26.8 Å². The lowest BCUT2D eigenvalue weighted by Crippen LogP contribution is -2.38. The number of aromatic amines is 1. The molecule has 0 saturated heterocycles. The van der Waals surface area contributed by atoms with Crippen LogP contribution >= 0.6 is 0 Å². The summed E-state index contributed by atoms with van der Waals surface area (Å²) in [6.07, 6.45) is 7.22. The summed E-state index contributed by atoms with van der Waals surface area (Å²) in [4.78, 5) is 22.0. The molecule has 0 unspecified atom stereocenters. The molecule has 1 aliphatic carbocycles. The van der Waals surface area contributed by atoms with Gasteiger partial charge in [0.25, 0.3) is 5.91 Å². The molecule has 1 saturated carbocycles. The maximum Gasteiger partial charge on any atom is 0.256 e. The van der Waals surface area contributed by atoms with Crippen molar-refractivity contribution in [1.29, 1.82) is 5.26 Å². The average molecular weight is 280 g/mol. The molecule has 1 aliphatic heterocycles. The van der Waals surface area contributed by atoms with Crippen molar-refractivity contribution >= 4 is 16.9 Å². The van der Waals surface area contributed by atoms with E-state index in [0.717, 1.165) is 47.8 Å². The normalized spacial score (nSPS) is 25.1. The molecular formula is C16H16N4O. The lowest BCUT2D eigenvalue weighted by Gasteiger charge is -2.32. The van der Waals surface area contributed by atoms with Crippen molar-refractivity contribution < 1.29 is 4.79 Å². The van der Waals surface area contributed by atoms with E-state index in [1.54, 1.807) is 6.20 Å². The summed E-state index contributed by atoms with van der Waals surface area (Å²) in [5.41, 5.74) is 2.68. The highest BCUT2D eigenvalue weighted by molar-refractivity contribution is 6.02. The molecule has 0 radical (unpaired) electrons. The van der Waals surface area contributed by atoms with Crippen molar-refractivity contribution in [2.45, 2.75) is 38.3 Å². The minimum absolute atomic E-state index is 0.0982. The van der Waals surface area contributed by atoms with Gasteiger partial charge in [-0.25, -0.2) is 4.98 Å². The third-order valence-corrected chi connectivity index (χ3v) is 4.84. The molecule has 0 spiro atoms. The number of nitrogens with zero attached hydrogens (tertiary/aromatic N) is 3. The van der Waals surface area contributed by atoms with E-state index in [9.17, 15) is 4.79 Å². The molecule has 2 aromatic rings. The van der Waals surface area contributed by atoms with Gasteiger partial charge in [-0.2, -0.15) is 5.26 Å². The van der Waals surface area contributed by atoms with Gasteiger partial charge >= 0.3 is 0 Å². The van der Waals surface area contributed by atoms with E-state index in [4.69, 9.17) is 5.26 Å². The van der Waals surface area contributed by atoms with Gasteiger partial charge in [0.1, 0.15) is 5.65 Å². The third-order valence-electron chi connectivity index (χ3n) is 4.84. The lowest BCUT2D eigenvalue weighted by molar-refractivity contribution is 0.0648. The molecule has 4 rings (SSSR count). The van der Waals surface area contributed by atoms with Crippen molar-refractivity contribution in [3.05, 3.63) is 29.6 Å². The van der Waals surface area contributed by atoms with E-state index in [0.29, 0.717) is 6.54 Å². The standard InChI is InChI=1S/C16H16N4O/c17-7-10-1-3-11(4-2-10)20-9-14-12-5-6-18-15(12)19-8-13(14)16(20)21/h5-6,8,10-11H,1-4,9H2,(H,18,19). The van der Waals surface area contributed by atoms with Gasteiger partial charge in [0, 0.05) is 36.3 Å². The number of hydrogen-bond acceptors (Lipinski definition) is 3. The second-order valence-corrected chi connectivity index (χ2v) is 5.96. The first-order valence-electron chi connectivity index (χ1n) is 7.43. The summed E-state index contributed by atoms with van der Waals surface area (Å²) in [6.45, 7) is 0.674. The van der Waals surface area contributed by atoms with Crippen LogP contribution in [0.4, 0.5) is 0 Å². The molecule has 0 atom stereocenters. The van der Waals surface area contributed by atoms with Gasteiger partial charge in [0.05, 0.1) is 11.6 Å². The van der Waals surface area contributed by atoms with E-state index in [-0.39, 0.29) is 17.9 Å². The SMILES string of the molecule is N#CC1CCC(N2Cc3c(cnc4[nH]ccc34)C2=O)CC1. The molecule has 1 fully saturated rings. The maximum absolute atomic E-state index is 12.6. The number of nitrogens with one attached hydrogen (secondary N) is 1. The molecule has 1 N–H and O–H groups in total. The topological polar surface area (TPSA) is 72.8 Å². The molecule has 106 valence electrons. The number of pyridine rings is 1. The van der Waals surface area contributed by atoms with Crippen LogP contribution in [-0.2, 0) is 6.54 Å². The van der Waals surface area contributed by atoms with Crippen molar-refractivity contribution in [2.24, 2.45) is 5.92 Å². The smallest absolute Gasteiger partial charge is 0.256 e. The van der Waals surface area contributed by atoms with Crippen LogP contribution < -0.4 is 0 Å². The summed E-state index contributed by atoms with van der Waals surface area (Å²) >= 11 is 0. The minimum atomic E-state index is 0.0982. The Hall–Kier alpha value is -2.35. The van der Waals surface area contributed by atoms with E-state index in [1.165, 1.54) is 0 Å². The number of nitriles is 1. The van der Waals surface area contributed by atoms with Crippen LogP contribution in [0.5, 0.6) is 0 Å². The first-order valence-corrected chi connectivity index (χ1v) is 7.43.